The number of hydrogen-bond acceptors (Lipinski definition) is 4. The van der Waals surface area contributed by atoms with Gasteiger partial charge < -0.3 is 9.84 Å². The van der Waals surface area contributed by atoms with E-state index in [1.807, 2.05) is 0 Å². The molecule has 0 aliphatic rings. The third-order valence-electron chi connectivity index (χ3n) is 2.09. The van der Waals surface area contributed by atoms with Crippen LogP contribution in [0.4, 0.5) is 0 Å². The molecule has 0 amide bonds. The molecule has 1 atom stereocenters. The third-order valence-corrected chi connectivity index (χ3v) is 2.99. The molecule has 0 heterocycles. The van der Waals surface area contributed by atoms with Gasteiger partial charge in [-0.25, -0.2) is 8.42 Å². The van der Waals surface area contributed by atoms with Crippen LogP contribution in [-0.4, -0.2) is 32.1 Å². The van der Waals surface area contributed by atoms with Gasteiger partial charge in [0.2, 0.25) is 0 Å². The molecule has 0 aliphatic heterocycles. The minimum atomic E-state index is -2.98. The third kappa shape index (κ3) is 4.63. The number of rotatable bonds is 5. The Hall–Kier alpha value is -1.07. The van der Waals surface area contributed by atoms with Crippen molar-refractivity contribution >= 4 is 9.84 Å². The second-order valence-corrected chi connectivity index (χ2v) is 5.98. The highest BCUT2D eigenvalue weighted by Gasteiger charge is 2.03. The van der Waals surface area contributed by atoms with E-state index in [0.717, 1.165) is 5.56 Å². The monoisotopic (exact) mass is 244 g/mol. The number of ether oxygens (including phenoxy) is 1. The largest absolute Gasteiger partial charge is 0.493 e. The Kier molecular flexibility index (Phi) is 4.32. The van der Waals surface area contributed by atoms with E-state index in [2.05, 4.69) is 0 Å². The lowest BCUT2D eigenvalue weighted by molar-refractivity contribution is 0.199. The van der Waals surface area contributed by atoms with Gasteiger partial charge in [-0.1, -0.05) is 12.1 Å². The minimum Gasteiger partial charge on any atom is -0.493 e. The second kappa shape index (κ2) is 5.32. The topological polar surface area (TPSA) is 63.6 Å². The predicted molar refractivity (Wildman–Crippen MR) is 62.3 cm³/mol. The summed E-state index contributed by atoms with van der Waals surface area (Å²) < 4.78 is 27.0. The molecule has 0 aliphatic carbocycles. The Morgan fingerprint density at radius 1 is 1.31 bits per heavy atom. The maximum Gasteiger partial charge on any atom is 0.150 e. The molecular weight excluding hydrogens is 228 g/mol. The molecule has 0 aromatic heterocycles. The molecule has 0 fully saturated rings. The summed E-state index contributed by atoms with van der Waals surface area (Å²) >= 11 is 0. The fourth-order valence-corrected chi connectivity index (χ4v) is 1.54. The molecule has 1 N–H and O–H groups in total. The summed E-state index contributed by atoms with van der Waals surface area (Å²) in [5.41, 5.74) is 0.801. The van der Waals surface area contributed by atoms with E-state index in [1.54, 1.807) is 31.2 Å². The van der Waals surface area contributed by atoms with Crippen LogP contribution in [0.3, 0.4) is 0 Å². The van der Waals surface area contributed by atoms with Crippen molar-refractivity contribution in [3.05, 3.63) is 29.8 Å². The molecule has 4 nitrogen and oxygen atoms in total. The van der Waals surface area contributed by atoms with Crippen LogP contribution >= 0.6 is 0 Å². The van der Waals surface area contributed by atoms with E-state index in [4.69, 9.17) is 4.74 Å². The Morgan fingerprint density at radius 2 is 1.88 bits per heavy atom. The van der Waals surface area contributed by atoms with E-state index in [-0.39, 0.29) is 12.4 Å². The zero-order valence-corrected chi connectivity index (χ0v) is 10.2. The maximum absolute atomic E-state index is 10.9. The summed E-state index contributed by atoms with van der Waals surface area (Å²) in [6, 6.07) is 6.93. The lowest BCUT2D eigenvalue weighted by Gasteiger charge is -2.07. The van der Waals surface area contributed by atoms with Crippen LogP contribution < -0.4 is 4.74 Å². The van der Waals surface area contributed by atoms with Crippen molar-refractivity contribution in [1.29, 1.82) is 0 Å². The van der Waals surface area contributed by atoms with Gasteiger partial charge in [0.25, 0.3) is 0 Å². The molecule has 1 rings (SSSR count). The van der Waals surface area contributed by atoms with Gasteiger partial charge >= 0.3 is 0 Å². The molecule has 90 valence electrons. The van der Waals surface area contributed by atoms with Crippen LogP contribution in [0.25, 0.3) is 0 Å². The molecule has 1 aromatic carbocycles. The Labute approximate surface area is 95.8 Å². The molecule has 0 saturated carbocycles. The molecule has 16 heavy (non-hydrogen) atoms. The molecule has 0 saturated heterocycles. The SMILES string of the molecule is CC(O)c1ccc(OCCS(C)(=O)=O)cc1. The van der Waals surface area contributed by atoms with Crippen molar-refractivity contribution in [2.24, 2.45) is 0 Å². The average Bonchev–Trinajstić information content (AvgIpc) is 2.16. The van der Waals surface area contributed by atoms with Gasteiger partial charge in [0.05, 0.1) is 11.9 Å². The first-order chi connectivity index (χ1) is 7.38. The summed E-state index contributed by atoms with van der Waals surface area (Å²) in [7, 11) is -2.98. The lowest BCUT2D eigenvalue weighted by atomic mass is 10.1. The van der Waals surface area contributed by atoms with Crippen molar-refractivity contribution in [1.82, 2.24) is 0 Å². The summed E-state index contributed by atoms with van der Waals surface area (Å²) in [6.45, 7) is 1.83. The van der Waals surface area contributed by atoms with E-state index in [0.29, 0.717) is 5.75 Å². The van der Waals surface area contributed by atoms with E-state index in [1.165, 1.54) is 6.26 Å². The first kappa shape index (κ1) is 13.0. The van der Waals surface area contributed by atoms with Gasteiger partial charge in [-0.05, 0) is 24.6 Å². The molecule has 0 spiro atoms. The quantitative estimate of drug-likeness (QED) is 0.844. The number of aliphatic hydroxyl groups is 1. The van der Waals surface area contributed by atoms with Gasteiger partial charge in [-0.2, -0.15) is 0 Å². The van der Waals surface area contributed by atoms with Gasteiger partial charge in [0.15, 0.2) is 9.84 Å². The van der Waals surface area contributed by atoms with Crippen LogP contribution in [0.2, 0.25) is 0 Å². The van der Waals surface area contributed by atoms with E-state index in [9.17, 15) is 13.5 Å². The lowest BCUT2D eigenvalue weighted by Crippen LogP contribution is -2.12. The van der Waals surface area contributed by atoms with Gasteiger partial charge in [0, 0.05) is 6.26 Å². The zero-order chi connectivity index (χ0) is 12.2. The number of aliphatic hydroxyl groups excluding tert-OH is 1. The number of sulfone groups is 1. The van der Waals surface area contributed by atoms with Crippen LogP contribution in [-0.2, 0) is 9.84 Å². The predicted octanol–water partition coefficient (Wildman–Crippen LogP) is 1.16. The highest BCUT2D eigenvalue weighted by molar-refractivity contribution is 7.90. The summed E-state index contributed by atoms with van der Waals surface area (Å²) in [6.07, 6.45) is 0.664. The molecule has 0 radical (unpaired) electrons. The molecular formula is C11H16O4S. The van der Waals surface area contributed by atoms with Gasteiger partial charge in [0.1, 0.15) is 12.4 Å². The summed E-state index contributed by atoms with van der Waals surface area (Å²) in [5.74, 6) is 0.610. The fourth-order valence-electron chi connectivity index (χ4n) is 1.15. The van der Waals surface area contributed by atoms with Crippen molar-refractivity contribution in [2.75, 3.05) is 18.6 Å². The second-order valence-electron chi connectivity index (χ2n) is 3.72. The Morgan fingerprint density at radius 3 is 2.31 bits per heavy atom. The van der Waals surface area contributed by atoms with E-state index >= 15 is 0 Å². The minimum absolute atomic E-state index is 0.00511. The van der Waals surface area contributed by atoms with Crippen molar-refractivity contribution in [3.63, 3.8) is 0 Å². The molecule has 1 aromatic rings. The number of benzene rings is 1. The summed E-state index contributed by atoms with van der Waals surface area (Å²) in [4.78, 5) is 0. The first-order valence-electron chi connectivity index (χ1n) is 4.97. The standard InChI is InChI=1S/C11H16O4S/c1-9(12)10-3-5-11(6-4-10)15-7-8-16(2,13)14/h3-6,9,12H,7-8H2,1-2H3. The first-order valence-corrected chi connectivity index (χ1v) is 7.03. The van der Waals surface area contributed by atoms with Gasteiger partial charge in [-0.3, -0.25) is 0 Å². The van der Waals surface area contributed by atoms with Crippen molar-refractivity contribution < 1.29 is 18.3 Å². The highest BCUT2D eigenvalue weighted by atomic mass is 32.2. The van der Waals surface area contributed by atoms with Crippen LogP contribution in [0.1, 0.15) is 18.6 Å². The Balaban J connectivity index is 2.50. The van der Waals surface area contributed by atoms with E-state index < -0.39 is 15.9 Å². The van der Waals surface area contributed by atoms with Crippen LogP contribution in [0.5, 0.6) is 5.75 Å². The maximum atomic E-state index is 10.9. The summed E-state index contributed by atoms with van der Waals surface area (Å²) in [5, 5.41) is 9.28. The molecule has 5 heteroatoms. The van der Waals surface area contributed by atoms with Crippen molar-refractivity contribution in [2.45, 2.75) is 13.0 Å². The van der Waals surface area contributed by atoms with Crippen LogP contribution in [0.15, 0.2) is 24.3 Å². The van der Waals surface area contributed by atoms with Crippen molar-refractivity contribution in [3.8, 4) is 5.75 Å². The smallest absolute Gasteiger partial charge is 0.150 e. The average molecular weight is 244 g/mol. The molecule has 0 bridgehead atoms. The normalized spacial score (nSPS) is 13.4. The Bertz CT molecular complexity index is 420. The number of hydrogen-bond donors (Lipinski definition) is 1. The fraction of sp³-hybridized carbons (Fsp3) is 0.455. The van der Waals surface area contributed by atoms with Crippen LogP contribution in [0, 0.1) is 0 Å². The van der Waals surface area contributed by atoms with Gasteiger partial charge in [-0.15, -0.1) is 0 Å². The highest BCUT2D eigenvalue weighted by Crippen LogP contribution is 2.17. The zero-order valence-electron chi connectivity index (χ0n) is 9.38. The molecule has 1 unspecified atom stereocenters.